The van der Waals surface area contributed by atoms with E-state index in [1.807, 2.05) is 58.5 Å². The van der Waals surface area contributed by atoms with Crippen LogP contribution in [0.4, 0.5) is 5.69 Å². The summed E-state index contributed by atoms with van der Waals surface area (Å²) in [6, 6.07) is 11.6. The van der Waals surface area contributed by atoms with Crippen LogP contribution in [0.2, 0.25) is 0 Å². The third-order valence-corrected chi connectivity index (χ3v) is 7.77. The van der Waals surface area contributed by atoms with Gasteiger partial charge in [-0.1, -0.05) is 23.8 Å². The Kier molecular flexibility index (Phi) is 5.64. The van der Waals surface area contributed by atoms with Crippen molar-refractivity contribution in [2.75, 3.05) is 29.5 Å². The van der Waals surface area contributed by atoms with Gasteiger partial charge in [0.1, 0.15) is 0 Å². The summed E-state index contributed by atoms with van der Waals surface area (Å²) in [5, 5.41) is 1.99. The van der Waals surface area contributed by atoms with Crippen LogP contribution in [0.3, 0.4) is 0 Å². The molecule has 148 valence electrons. The SMILES string of the molecule is Cc1ccc(N2C(=O)CCC(C(=O)N3CCS(=O)CC3)C2c2cccs2)cc1. The van der Waals surface area contributed by atoms with Crippen molar-refractivity contribution in [2.45, 2.75) is 25.8 Å². The molecule has 0 radical (unpaired) electrons. The highest BCUT2D eigenvalue weighted by molar-refractivity contribution is 7.85. The molecule has 28 heavy (non-hydrogen) atoms. The van der Waals surface area contributed by atoms with Gasteiger partial charge in [0, 0.05) is 52.4 Å². The van der Waals surface area contributed by atoms with Crippen LogP contribution in [0.1, 0.15) is 29.3 Å². The first-order valence-corrected chi connectivity index (χ1v) is 12.0. The van der Waals surface area contributed by atoms with Crippen molar-refractivity contribution in [3.8, 4) is 0 Å². The molecule has 0 aliphatic carbocycles. The Morgan fingerprint density at radius 2 is 1.86 bits per heavy atom. The summed E-state index contributed by atoms with van der Waals surface area (Å²) in [5.41, 5.74) is 1.97. The average molecular weight is 417 g/mol. The number of carbonyl (C=O) groups excluding carboxylic acids is 2. The first-order valence-electron chi connectivity index (χ1n) is 9.60. The maximum absolute atomic E-state index is 13.4. The summed E-state index contributed by atoms with van der Waals surface area (Å²) < 4.78 is 11.7. The van der Waals surface area contributed by atoms with Gasteiger partial charge in [-0.3, -0.25) is 13.8 Å². The van der Waals surface area contributed by atoms with Gasteiger partial charge in [-0.05, 0) is 36.9 Å². The zero-order valence-corrected chi connectivity index (χ0v) is 17.5. The van der Waals surface area contributed by atoms with Crippen LogP contribution in [-0.2, 0) is 20.4 Å². The molecule has 1 aromatic heterocycles. The standard InChI is InChI=1S/C21H24N2O3S2/c1-15-4-6-16(7-5-15)23-19(24)9-8-17(20(23)18-3-2-12-27-18)21(25)22-10-13-28(26)14-11-22/h2-7,12,17,20H,8-11,13-14H2,1H3. The molecule has 0 N–H and O–H groups in total. The first-order chi connectivity index (χ1) is 13.5. The number of benzene rings is 1. The van der Waals surface area contributed by atoms with E-state index < -0.39 is 10.8 Å². The largest absolute Gasteiger partial charge is 0.341 e. The molecule has 2 atom stereocenters. The first kappa shape index (κ1) is 19.3. The number of hydrogen-bond donors (Lipinski definition) is 0. The summed E-state index contributed by atoms with van der Waals surface area (Å²) >= 11 is 1.59. The van der Waals surface area contributed by atoms with Crippen molar-refractivity contribution >= 4 is 39.6 Å². The lowest BCUT2D eigenvalue weighted by Gasteiger charge is -2.42. The van der Waals surface area contributed by atoms with E-state index in [4.69, 9.17) is 0 Å². The van der Waals surface area contributed by atoms with E-state index >= 15 is 0 Å². The molecule has 4 rings (SSSR count). The summed E-state index contributed by atoms with van der Waals surface area (Å²) in [6.07, 6.45) is 0.925. The molecule has 2 aliphatic rings. The van der Waals surface area contributed by atoms with Crippen LogP contribution in [-0.4, -0.2) is 45.5 Å². The second-order valence-electron chi connectivity index (χ2n) is 7.38. The van der Waals surface area contributed by atoms with Crippen LogP contribution in [0, 0.1) is 12.8 Å². The van der Waals surface area contributed by atoms with E-state index in [1.54, 1.807) is 11.3 Å². The fourth-order valence-corrected chi connectivity index (χ4v) is 5.97. The Labute approximate surface area is 171 Å². The molecule has 3 heterocycles. The van der Waals surface area contributed by atoms with E-state index in [-0.39, 0.29) is 23.8 Å². The molecule has 0 spiro atoms. The number of amides is 2. The number of aryl methyl sites for hydroxylation is 1. The third-order valence-electron chi connectivity index (χ3n) is 5.55. The molecule has 1 aromatic carbocycles. The van der Waals surface area contributed by atoms with Gasteiger partial charge in [-0.25, -0.2) is 0 Å². The summed E-state index contributed by atoms with van der Waals surface area (Å²) in [4.78, 5) is 31.0. The number of anilines is 1. The average Bonchev–Trinajstić information content (AvgIpc) is 3.23. The molecule has 2 fully saturated rings. The minimum atomic E-state index is -0.822. The zero-order valence-electron chi connectivity index (χ0n) is 15.9. The van der Waals surface area contributed by atoms with Gasteiger partial charge in [0.2, 0.25) is 11.8 Å². The van der Waals surface area contributed by atoms with E-state index in [1.165, 1.54) is 0 Å². The number of carbonyl (C=O) groups is 2. The fourth-order valence-electron chi connectivity index (χ4n) is 4.04. The number of thiophene rings is 1. The lowest BCUT2D eigenvalue weighted by Crippen LogP contribution is -2.51. The molecule has 2 saturated heterocycles. The molecule has 7 heteroatoms. The third kappa shape index (κ3) is 3.78. The predicted octanol–water partition coefficient (Wildman–Crippen LogP) is 3.13. The van der Waals surface area contributed by atoms with Crippen molar-refractivity contribution in [3.63, 3.8) is 0 Å². The van der Waals surface area contributed by atoms with E-state index in [0.717, 1.165) is 16.1 Å². The maximum atomic E-state index is 13.4. The molecule has 0 saturated carbocycles. The smallest absolute Gasteiger partial charge is 0.228 e. The molecule has 2 unspecified atom stereocenters. The van der Waals surface area contributed by atoms with Gasteiger partial charge in [0.05, 0.1) is 12.0 Å². The minimum absolute atomic E-state index is 0.0612. The van der Waals surface area contributed by atoms with Crippen molar-refractivity contribution in [1.29, 1.82) is 0 Å². The minimum Gasteiger partial charge on any atom is -0.341 e. The highest BCUT2D eigenvalue weighted by Crippen LogP contribution is 2.42. The second kappa shape index (κ2) is 8.17. The molecule has 2 aliphatic heterocycles. The second-order valence-corrected chi connectivity index (χ2v) is 10.1. The Hall–Kier alpha value is -1.99. The molecule has 2 aromatic rings. The fraction of sp³-hybridized carbons (Fsp3) is 0.429. The molecule has 2 amide bonds. The lowest BCUT2D eigenvalue weighted by atomic mass is 9.85. The number of rotatable bonds is 3. The van der Waals surface area contributed by atoms with Gasteiger partial charge in [0.15, 0.2) is 0 Å². The molecular weight excluding hydrogens is 392 g/mol. The summed E-state index contributed by atoms with van der Waals surface area (Å²) in [7, 11) is -0.822. The topological polar surface area (TPSA) is 57.7 Å². The quantitative estimate of drug-likeness (QED) is 0.772. The number of hydrogen-bond acceptors (Lipinski definition) is 4. The normalized spacial score (nSPS) is 23.8. The van der Waals surface area contributed by atoms with Crippen LogP contribution >= 0.6 is 11.3 Å². The van der Waals surface area contributed by atoms with Crippen LogP contribution < -0.4 is 4.90 Å². The van der Waals surface area contributed by atoms with Crippen LogP contribution in [0.15, 0.2) is 41.8 Å². The Balaban J connectivity index is 1.69. The van der Waals surface area contributed by atoms with Crippen molar-refractivity contribution in [3.05, 3.63) is 52.2 Å². The monoisotopic (exact) mass is 416 g/mol. The molecule has 5 nitrogen and oxygen atoms in total. The van der Waals surface area contributed by atoms with Crippen molar-refractivity contribution in [2.24, 2.45) is 5.92 Å². The van der Waals surface area contributed by atoms with E-state index in [2.05, 4.69) is 0 Å². The molecule has 0 bridgehead atoms. The van der Waals surface area contributed by atoms with Gasteiger partial charge in [-0.2, -0.15) is 0 Å². The predicted molar refractivity (Wildman–Crippen MR) is 113 cm³/mol. The van der Waals surface area contributed by atoms with Crippen molar-refractivity contribution < 1.29 is 13.8 Å². The van der Waals surface area contributed by atoms with Crippen LogP contribution in [0.5, 0.6) is 0 Å². The van der Waals surface area contributed by atoms with E-state index in [0.29, 0.717) is 37.4 Å². The van der Waals surface area contributed by atoms with E-state index in [9.17, 15) is 13.8 Å². The Morgan fingerprint density at radius 3 is 2.50 bits per heavy atom. The Morgan fingerprint density at radius 1 is 1.14 bits per heavy atom. The van der Waals surface area contributed by atoms with Crippen molar-refractivity contribution in [1.82, 2.24) is 4.90 Å². The highest BCUT2D eigenvalue weighted by Gasteiger charge is 2.43. The van der Waals surface area contributed by atoms with Gasteiger partial charge in [0.25, 0.3) is 0 Å². The maximum Gasteiger partial charge on any atom is 0.228 e. The van der Waals surface area contributed by atoms with Gasteiger partial charge >= 0.3 is 0 Å². The Bertz CT molecular complexity index is 870. The summed E-state index contributed by atoms with van der Waals surface area (Å²) in [6.45, 7) is 3.10. The molecular formula is C21H24N2O3S2. The highest BCUT2D eigenvalue weighted by atomic mass is 32.2. The summed E-state index contributed by atoms with van der Waals surface area (Å²) in [5.74, 6) is 0.959. The lowest BCUT2D eigenvalue weighted by molar-refractivity contribution is -0.138. The number of nitrogens with zero attached hydrogens (tertiary/aromatic N) is 2. The number of piperidine rings is 1. The zero-order chi connectivity index (χ0) is 19.7. The van der Waals surface area contributed by atoms with Crippen LogP contribution in [0.25, 0.3) is 0 Å². The van der Waals surface area contributed by atoms with Gasteiger partial charge < -0.3 is 9.80 Å². The van der Waals surface area contributed by atoms with Gasteiger partial charge in [-0.15, -0.1) is 11.3 Å².